The minimum Gasteiger partial charge on any atom is -0.493 e. The molecule has 0 atom stereocenters. The Hall–Kier alpha value is -2.21. The highest BCUT2D eigenvalue weighted by Crippen LogP contribution is 2.27. The van der Waals surface area contributed by atoms with E-state index in [4.69, 9.17) is 15.2 Å². The largest absolute Gasteiger partial charge is 0.493 e. The lowest BCUT2D eigenvalue weighted by molar-refractivity contribution is 0.354. The van der Waals surface area contributed by atoms with Crippen LogP contribution in [-0.2, 0) is 19.4 Å². The van der Waals surface area contributed by atoms with E-state index in [1.807, 2.05) is 18.2 Å². The molecule has 1 aromatic heterocycles. The van der Waals surface area contributed by atoms with Crippen molar-refractivity contribution in [2.45, 2.75) is 26.3 Å². The standard InChI is InChI=1S/C18H25N3O2S/c1-4-14-6-7-15(24-14)12-21-18(19)20-10-9-13-5-8-16(22-2)17(11-13)23-3/h5-8,11H,4,9-10,12H2,1-3H3,(H3,19,20,21). The van der Waals surface area contributed by atoms with Crippen LogP contribution in [0.3, 0.4) is 0 Å². The maximum absolute atomic E-state index is 5.93. The molecule has 3 N–H and O–H groups in total. The summed E-state index contributed by atoms with van der Waals surface area (Å²) in [7, 11) is 3.27. The molecule has 24 heavy (non-hydrogen) atoms. The molecule has 0 aliphatic heterocycles. The summed E-state index contributed by atoms with van der Waals surface area (Å²) in [5, 5.41) is 3.15. The van der Waals surface area contributed by atoms with Gasteiger partial charge in [0.2, 0.25) is 0 Å². The Morgan fingerprint density at radius 2 is 1.88 bits per heavy atom. The van der Waals surface area contributed by atoms with Gasteiger partial charge in [-0.1, -0.05) is 13.0 Å². The SMILES string of the molecule is CCc1ccc(CN=C(N)NCCc2ccc(OC)c(OC)c2)s1. The Balaban J connectivity index is 1.81. The van der Waals surface area contributed by atoms with Gasteiger partial charge in [-0.3, -0.25) is 0 Å². The van der Waals surface area contributed by atoms with Crippen LogP contribution in [0.4, 0.5) is 0 Å². The van der Waals surface area contributed by atoms with Crippen LogP contribution in [0, 0.1) is 0 Å². The number of hydrogen-bond acceptors (Lipinski definition) is 4. The summed E-state index contributed by atoms with van der Waals surface area (Å²) >= 11 is 1.79. The molecule has 2 aromatic rings. The third-order valence-corrected chi connectivity index (χ3v) is 4.85. The van der Waals surface area contributed by atoms with E-state index in [2.05, 4.69) is 29.4 Å². The van der Waals surface area contributed by atoms with E-state index in [1.165, 1.54) is 9.75 Å². The van der Waals surface area contributed by atoms with E-state index in [1.54, 1.807) is 25.6 Å². The fourth-order valence-corrected chi connectivity index (χ4v) is 3.17. The van der Waals surface area contributed by atoms with Crippen molar-refractivity contribution >= 4 is 17.3 Å². The Bertz CT molecular complexity index is 683. The fraction of sp³-hybridized carbons (Fsp3) is 0.389. The first-order valence-corrected chi connectivity index (χ1v) is 8.80. The van der Waals surface area contributed by atoms with E-state index < -0.39 is 0 Å². The van der Waals surface area contributed by atoms with Gasteiger partial charge in [-0.15, -0.1) is 11.3 Å². The molecule has 0 spiro atoms. The maximum atomic E-state index is 5.93. The summed E-state index contributed by atoms with van der Waals surface area (Å²) in [5.74, 6) is 1.95. The van der Waals surface area contributed by atoms with Crippen LogP contribution in [0.25, 0.3) is 0 Å². The molecule has 130 valence electrons. The molecule has 1 heterocycles. The van der Waals surface area contributed by atoms with Crippen molar-refractivity contribution < 1.29 is 9.47 Å². The van der Waals surface area contributed by atoms with Gasteiger partial charge in [0.25, 0.3) is 0 Å². The second-order valence-corrected chi connectivity index (χ2v) is 6.54. The van der Waals surface area contributed by atoms with Gasteiger partial charge in [-0.25, -0.2) is 4.99 Å². The molecule has 6 heteroatoms. The van der Waals surface area contributed by atoms with Crippen molar-refractivity contribution in [2.75, 3.05) is 20.8 Å². The van der Waals surface area contributed by atoms with Crippen LogP contribution >= 0.6 is 11.3 Å². The Labute approximate surface area is 147 Å². The average Bonchev–Trinajstić information content (AvgIpc) is 3.08. The molecule has 2 rings (SSSR count). The van der Waals surface area contributed by atoms with Gasteiger partial charge >= 0.3 is 0 Å². The lowest BCUT2D eigenvalue weighted by Crippen LogP contribution is -2.33. The number of ether oxygens (including phenoxy) is 2. The van der Waals surface area contributed by atoms with Crippen LogP contribution in [0.5, 0.6) is 11.5 Å². The topological polar surface area (TPSA) is 68.9 Å². The quantitative estimate of drug-likeness (QED) is 0.569. The molecule has 0 radical (unpaired) electrons. The van der Waals surface area contributed by atoms with Gasteiger partial charge in [-0.2, -0.15) is 0 Å². The zero-order chi connectivity index (χ0) is 17.4. The molecule has 0 aliphatic rings. The minimum absolute atomic E-state index is 0.474. The van der Waals surface area contributed by atoms with Gasteiger partial charge < -0.3 is 20.5 Å². The van der Waals surface area contributed by atoms with Crippen LogP contribution in [0.1, 0.15) is 22.2 Å². The number of aliphatic imine (C=N–C) groups is 1. The van der Waals surface area contributed by atoms with Crippen LogP contribution < -0.4 is 20.5 Å². The number of methoxy groups -OCH3 is 2. The first-order chi connectivity index (χ1) is 11.7. The van der Waals surface area contributed by atoms with E-state index in [0.717, 1.165) is 36.4 Å². The second kappa shape index (κ2) is 9.17. The fourth-order valence-electron chi connectivity index (χ4n) is 2.29. The molecular weight excluding hydrogens is 322 g/mol. The maximum Gasteiger partial charge on any atom is 0.188 e. The van der Waals surface area contributed by atoms with Crippen LogP contribution in [-0.4, -0.2) is 26.7 Å². The summed E-state index contributed by atoms with van der Waals surface area (Å²) in [5.41, 5.74) is 7.08. The number of aryl methyl sites for hydroxylation is 1. The van der Waals surface area contributed by atoms with E-state index >= 15 is 0 Å². The minimum atomic E-state index is 0.474. The van der Waals surface area contributed by atoms with E-state index in [9.17, 15) is 0 Å². The van der Waals surface area contributed by atoms with Crippen molar-refractivity contribution in [3.63, 3.8) is 0 Å². The number of nitrogens with zero attached hydrogens (tertiary/aromatic N) is 1. The van der Waals surface area contributed by atoms with Crippen LogP contribution in [0.15, 0.2) is 35.3 Å². The Morgan fingerprint density at radius 3 is 2.54 bits per heavy atom. The summed E-state index contributed by atoms with van der Waals surface area (Å²) in [6.07, 6.45) is 1.89. The number of hydrogen-bond donors (Lipinski definition) is 2. The van der Waals surface area contributed by atoms with Crippen molar-refractivity contribution in [3.8, 4) is 11.5 Å². The highest BCUT2D eigenvalue weighted by Gasteiger charge is 2.04. The van der Waals surface area contributed by atoms with Crippen molar-refractivity contribution in [1.82, 2.24) is 5.32 Å². The van der Waals surface area contributed by atoms with Gasteiger partial charge in [0, 0.05) is 16.3 Å². The predicted octanol–water partition coefficient (Wildman–Crippen LogP) is 2.97. The van der Waals surface area contributed by atoms with E-state index in [-0.39, 0.29) is 0 Å². The normalized spacial score (nSPS) is 11.4. The summed E-state index contributed by atoms with van der Waals surface area (Å²) in [6.45, 7) is 3.50. The molecule has 0 saturated heterocycles. The summed E-state index contributed by atoms with van der Waals surface area (Å²) < 4.78 is 10.5. The second-order valence-electron chi connectivity index (χ2n) is 5.29. The first-order valence-electron chi connectivity index (χ1n) is 7.98. The van der Waals surface area contributed by atoms with Crippen LogP contribution in [0.2, 0.25) is 0 Å². The number of nitrogens with two attached hydrogens (primary N) is 1. The third-order valence-electron chi connectivity index (χ3n) is 3.64. The average molecular weight is 347 g/mol. The number of rotatable bonds is 8. The highest BCUT2D eigenvalue weighted by atomic mass is 32.1. The highest BCUT2D eigenvalue weighted by molar-refractivity contribution is 7.11. The van der Waals surface area contributed by atoms with Gasteiger partial charge in [-0.05, 0) is 42.7 Å². The van der Waals surface area contributed by atoms with E-state index in [0.29, 0.717) is 12.5 Å². The van der Waals surface area contributed by atoms with Gasteiger partial charge in [0.1, 0.15) is 0 Å². The number of guanidine groups is 1. The summed E-state index contributed by atoms with van der Waals surface area (Å²) in [4.78, 5) is 6.99. The molecule has 0 unspecified atom stereocenters. The molecule has 5 nitrogen and oxygen atoms in total. The van der Waals surface area contributed by atoms with Crippen molar-refractivity contribution in [1.29, 1.82) is 0 Å². The Morgan fingerprint density at radius 1 is 1.12 bits per heavy atom. The molecule has 0 bridgehead atoms. The lowest BCUT2D eigenvalue weighted by atomic mass is 10.1. The monoisotopic (exact) mass is 347 g/mol. The molecule has 0 amide bonds. The first kappa shape index (κ1) is 18.1. The zero-order valence-electron chi connectivity index (χ0n) is 14.5. The Kier molecular flexibility index (Phi) is 6.93. The predicted molar refractivity (Wildman–Crippen MR) is 100 cm³/mol. The third kappa shape index (κ3) is 5.16. The molecule has 1 aromatic carbocycles. The molecular formula is C18H25N3O2S. The molecule has 0 aliphatic carbocycles. The lowest BCUT2D eigenvalue weighted by Gasteiger charge is -2.10. The molecule has 0 saturated carbocycles. The smallest absolute Gasteiger partial charge is 0.188 e. The van der Waals surface area contributed by atoms with Crippen molar-refractivity contribution in [2.24, 2.45) is 10.7 Å². The summed E-state index contributed by atoms with van der Waals surface area (Å²) in [6, 6.07) is 10.2. The number of thiophene rings is 1. The number of nitrogens with one attached hydrogen (secondary N) is 1. The zero-order valence-corrected chi connectivity index (χ0v) is 15.3. The van der Waals surface area contributed by atoms with Crippen molar-refractivity contribution in [3.05, 3.63) is 45.6 Å². The van der Waals surface area contributed by atoms with Gasteiger partial charge in [0.05, 0.1) is 20.8 Å². The van der Waals surface area contributed by atoms with Gasteiger partial charge in [0.15, 0.2) is 17.5 Å². The molecule has 0 fully saturated rings. The number of benzene rings is 1.